The molecule has 1 spiro atoms. The fraction of sp³-hybridized carbons (Fsp3) is 0.435. The number of para-hydroxylation sites is 1. The van der Waals surface area contributed by atoms with Gasteiger partial charge in [-0.2, -0.15) is 0 Å². The van der Waals surface area contributed by atoms with Gasteiger partial charge in [0.25, 0.3) is 0 Å². The first-order valence-electron chi connectivity index (χ1n) is 10.1. The SMILES string of the molecule is CN(C)C1(c2ccccn2)CCC2(CC1)NCCc1c2[nH]c2ccccc12. The lowest BCUT2D eigenvalue weighted by molar-refractivity contribution is 0.0463. The fourth-order valence-corrected chi connectivity index (χ4v) is 5.47. The molecule has 1 fully saturated rings. The molecule has 0 saturated heterocycles. The maximum Gasteiger partial charge on any atom is 0.0630 e. The van der Waals surface area contributed by atoms with Crippen molar-refractivity contribution >= 4 is 10.9 Å². The quantitative estimate of drug-likeness (QED) is 0.728. The molecule has 27 heavy (non-hydrogen) atoms. The Labute approximate surface area is 161 Å². The van der Waals surface area contributed by atoms with Crippen LogP contribution in [0.25, 0.3) is 10.9 Å². The first-order chi connectivity index (χ1) is 13.1. The summed E-state index contributed by atoms with van der Waals surface area (Å²) in [6.45, 7) is 1.06. The first-order valence-corrected chi connectivity index (χ1v) is 10.1. The highest BCUT2D eigenvalue weighted by atomic mass is 15.2. The molecule has 0 radical (unpaired) electrons. The van der Waals surface area contributed by atoms with Crippen LogP contribution in [0.4, 0.5) is 0 Å². The summed E-state index contributed by atoms with van der Waals surface area (Å²) in [5.41, 5.74) is 5.54. The van der Waals surface area contributed by atoms with Gasteiger partial charge in [0.1, 0.15) is 0 Å². The first kappa shape index (κ1) is 17.0. The number of H-pyrrole nitrogens is 1. The van der Waals surface area contributed by atoms with Crippen LogP contribution >= 0.6 is 0 Å². The van der Waals surface area contributed by atoms with E-state index in [1.54, 1.807) is 0 Å². The summed E-state index contributed by atoms with van der Waals surface area (Å²) in [6, 6.07) is 15.1. The summed E-state index contributed by atoms with van der Waals surface area (Å²) in [4.78, 5) is 10.9. The molecule has 3 aromatic rings. The Bertz CT molecular complexity index is 949. The third-order valence-corrected chi connectivity index (χ3v) is 7.06. The average Bonchev–Trinajstić information content (AvgIpc) is 3.10. The van der Waals surface area contributed by atoms with E-state index in [0.717, 1.165) is 38.6 Å². The molecule has 2 aromatic heterocycles. The minimum Gasteiger partial charge on any atom is -0.357 e. The van der Waals surface area contributed by atoms with E-state index in [9.17, 15) is 0 Å². The Balaban J connectivity index is 1.53. The number of aromatic nitrogens is 2. The van der Waals surface area contributed by atoms with E-state index in [0.29, 0.717) is 0 Å². The molecule has 0 bridgehead atoms. The minimum atomic E-state index is 0.0256. The molecule has 0 amide bonds. The van der Waals surface area contributed by atoms with Crippen LogP contribution < -0.4 is 5.32 Å². The summed E-state index contributed by atoms with van der Waals surface area (Å²) in [6.07, 6.45) is 7.51. The van der Waals surface area contributed by atoms with Gasteiger partial charge in [0, 0.05) is 29.3 Å². The van der Waals surface area contributed by atoms with Gasteiger partial charge < -0.3 is 10.3 Å². The van der Waals surface area contributed by atoms with E-state index in [1.165, 1.54) is 27.9 Å². The van der Waals surface area contributed by atoms with E-state index in [2.05, 4.69) is 65.7 Å². The Morgan fingerprint density at radius 2 is 1.74 bits per heavy atom. The third-order valence-electron chi connectivity index (χ3n) is 7.06. The van der Waals surface area contributed by atoms with Crippen LogP contribution in [-0.4, -0.2) is 35.5 Å². The largest absolute Gasteiger partial charge is 0.357 e. The lowest BCUT2D eigenvalue weighted by atomic mass is 9.67. The van der Waals surface area contributed by atoms with Crippen LogP contribution in [0.15, 0.2) is 48.7 Å². The van der Waals surface area contributed by atoms with Gasteiger partial charge in [0.2, 0.25) is 0 Å². The van der Waals surface area contributed by atoms with Gasteiger partial charge in [-0.15, -0.1) is 0 Å². The maximum absolute atomic E-state index is 4.74. The van der Waals surface area contributed by atoms with Gasteiger partial charge in [0.05, 0.1) is 16.8 Å². The van der Waals surface area contributed by atoms with Crippen LogP contribution in [0.1, 0.15) is 42.6 Å². The molecular weight excluding hydrogens is 332 g/mol. The van der Waals surface area contributed by atoms with Crippen molar-refractivity contribution in [3.8, 4) is 0 Å². The molecule has 4 nitrogen and oxygen atoms in total. The highest BCUT2D eigenvalue weighted by Crippen LogP contribution is 2.49. The third kappa shape index (κ3) is 2.47. The summed E-state index contributed by atoms with van der Waals surface area (Å²) < 4.78 is 0. The predicted octanol–water partition coefficient (Wildman–Crippen LogP) is 3.94. The lowest BCUT2D eigenvalue weighted by Crippen LogP contribution is -2.55. The van der Waals surface area contributed by atoms with Gasteiger partial charge in [-0.3, -0.25) is 9.88 Å². The van der Waals surface area contributed by atoms with Crippen molar-refractivity contribution in [2.45, 2.75) is 43.2 Å². The second kappa shape index (κ2) is 6.18. The Kier molecular flexibility index (Phi) is 3.88. The van der Waals surface area contributed by atoms with Crippen molar-refractivity contribution in [1.29, 1.82) is 0 Å². The number of hydrogen-bond acceptors (Lipinski definition) is 3. The second-order valence-electron chi connectivity index (χ2n) is 8.42. The van der Waals surface area contributed by atoms with Crippen molar-refractivity contribution in [3.05, 3.63) is 65.6 Å². The zero-order valence-corrected chi connectivity index (χ0v) is 16.3. The van der Waals surface area contributed by atoms with Crippen LogP contribution in [-0.2, 0) is 17.5 Å². The van der Waals surface area contributed by atoms with Crippen molar-refractivity contribution in [2.24, 2.45) is 0 Å². The van der Waals surface area contributed by atoms with Gasteiger partial charge in [-0.1, -0.05) is 24.3 Å². The number of nitrogens with zero attached hydrogens (tertiary/aromatic N) is 2. The zero-order chi connectivity index (χ0) is 18.5. The Morgan fingerprint density at radius 3 is 2.48 bits per heavy atom. The summed E-state index contributed by atoms with van der Waals surface area (Å²) in [7, 11) is 4.41. The van der Waals surface area contributed by atoms with Crippen LogP contribution in [0.3, 0.4) is 0 Å². The minimum absolute atomic E-state index is 0.0256. The smallest absolute Gasteiger partial charge is 0.0630 e. The molecule has 1 saturated carbocycles. The fourth-order valence-electron chi connectivity index (χ4n) is 5.47. The second-order valence-corrected chi connectivity index (χ2v) is 8.42. The van der Waals surface area contributed by atoms with E-state index in [-0.39, 0.29) is 11.1 Å². The number of aromatic amines is 1. The molecular formula is C23H28N4. The van der Waals surface area contributed by atoms with E-state index < -0.39 is 0 Å². The number of benzene rings is 1. The molecule has 4 heteroatoms. The molecule has 1 aliphatic heterocycles. The van der Waals surface area contributed by atoms with Crippen molar-refractivity contribution in [1.82, 2.24) is 20.2 Å². The molecule has 0 atom stereocenters. The normalized spacial score (nSPS) is 28.0. The number of hydrogen-bond donors (Lipinski definition) is 2. The predicted molar refractivity (Wildman–Crippen MR) is 110 cm³/mol. The van der Waals surface area contributed by atoms with Crippen molar-refractivity contribution < 1.29 is 0 Å². The van der Waals surface area contributed by atoms with E-state index >= 15 is 0 Å². The van der Waals surface area contributed by atoms with Gasteiger partial charge >= 0.3 is 0 Å². The van der Waals surface area contributed by atoms with E-state index in [4.69, 9.17) is 4.98 Å². The zero-order valence-electron chi connectivity index (χ0n) is 16.3. The average molecular weight is 361 g/mol. The van der Waals surface area contributed by atoms with Gasteiger partial charge in [0.15, 0.2) is 0 Å². The number of nitrogens with one attached hydrogen (secondary N) is 2. The molecule has 1 aliphatic carbocycles. The van der Waals surface area contributed by atoms with Crippen LogP contribution in [0.2, 0.25) is 0 Å². The summed E-state index contributed by atoms with van der Waals surface area (Å²) in [5, 5.41) is 5.31. The molecule has 3 heterocycles. The topological polar surface area (TPSA) is 44.0 Å². The van der Waals surface area contributed by atoms with Crippen LogP contribution in [0.5, 0.6) is 0 Å². The van der Waals surface area contributed by atoms with E-state index in [1.807, 2.05) is 12.3 Å². The number of rotatable bonds is 2. The molecule has 140 valence electrons. The summed E-state index contributed by atoms with van der Waals surface area (Å²) in [5.74, 6) is 0. The lowest BCUT2D eigenvalue weighted by Gasteiger charge is -2.50. The monoisotopic (exact) mass is 360 g/mol. The van der Waals surface area contributed by atoms with Crippen molar-refractivity contribution in [3.63, 3.8) is 0 Å². The Hall–Kier alpha value is -2.17. The molecule has 1 aromatic carbocycles. The molecule has 2 aliphatic rings. The molecule has 2 N–H and O–H groups in total. The maximum atomic E-state index is 4.74. The molecule has 0 unspecified atom stereocenters. The van der Waals surface area contributed by atoms with Crippen LogP contribution in [0, 0.1) is 0 Å². The highest BCUT2D eigenvalue weighted by molar-refractivity contribution is 5.85. The summed E-state index contributed by atoms with van der Waals surface area (Å²) >= 11 is 0. The number of pyridine rings is 1. The standard InChI is InChI=1S/C23H28N4/c1-27(2)23(20-9-5-6-15-24-20)13-11-22(12-14-23)21-18(10-16-25-22)17-7-3-4-8-19(17)26-21/h3-9,15,25-26H,10-14,16H2,1-2H3. The Morgan fingerprint density at radius 1 is 0.963 bits per heavy atom. The van der Waals surface area contributed by atoms with Gasteiger partial charge in [-0.25, -0.2) is 0 Å². The van der Waals surface area contributed by atoms with Gasteiger partial charge in [-0.05, 0) is 70.0 Å². The molecule has 5 rings (SSSR count). The highest BCUT2D eigenvalue weighted by Gasteiger charge is 2.48. The number of fused-ring (bicyclic) bond motifs is 4. The van der Waals surface area contributed by atoms with Crippen molar-refractivity contribution in [2.75, 3.05) is 20.6 Å².